The number of benzene rings is 4. The van der Waals surface area contributed by atoms with Gasteiger partial charge in [-0.15, -0.1) is 0 Å². The summed E-state index contributed by atoms with van der Waals surface area (Å²) in [6.07, 6.45) is 10.5. The summed E-state index contributed by atoms with van der Waals surface area (Å²) in [6.45, 7) is 9.21. The Kier molecular flexibility index (Phi) is 21.4. The first-order valence-electron chi connectivity index (χ1n) is 21.6. The molecule has 0 bridgehead atoms. The topological polar surface area (TPSA) is 171 Å². The first kappa shape index (κ1) is 50.1. The molecule has 0 unspecified atom stereocenters. The van der Waals surface area contributed by atoms with Gasteiger partial charge in [0, 0.05) is 24.8 Å². The van der Waals surface area contributed by atoms with E-state index in [-0.39, 0.29) is 23.8 Å². The van der Waals surface area contributed by atoms with Crippen molar-refractivity contribution in [2.45, 2.75) is 51.4 Å². The Morgan fingerprint density at radius 2 is 1.18 bits per heavy atom. The minimum Gasteiger partial charge on any atom is -0.494 e. The van der Waals surface area contributed by atoms with Crippen LogP contribution in [0.2, 0.25) is 0 Å². The Bertz CT molecular complexity index is 2330. The molecule has 348 valence electrons. The van der Waals surface area contributed by atoms with Crippen LogP contribution < -0.4 is 24.0 Å². The molecule has 5 rings (SSSR count). The average molecular weight is 922 g/mol. The van der Waals surface area contributed by atoms with Crippen LogP contribution in [0.5, 0.6) is 23.0 Å². The highest BCUT2D eigenvalue weighted by Crippen LogP contribution is 2.30. The van der Waals surface area contributed by atoms with E-state index in [4.69, 9.17) is 48.0 Å². The van der Waals surface area contributed by atoms with Crippen LogP contribution in [0, 0.1) is 0 Å². The molecule has 0 aliphatic heterocycles. The number of para-hydroxylation sites is 1. The van der Waals surface area contributed by atoms with Crippen LogP contribution in [0.1, 0.15) is 77.6 Å². The number of aromatic nitrogens is 1. The molecular formula is C50H55N3O12S. The van der Waals surface area contributed by atoms with E-state index in [1.807, 2.05) is 24.3 Å². The molecule has 0 radical (unpaired) electrons. The van der Waals surface area contributed by atoms with E-state index in [1.165, 1.54) is 29.7 Å². The largest absolute Gasteiger partial charge is 0.494 e. The standard InChI is InChI=1S/C50H55N3O12S/c1-4-46(54)62-30-14-8-6-12-28-60-40-22-18-37(19-23-40)48(56)64-42-26-27-44(65-49(57)38-20-24-41(25-21-38)61-29-13-7-9-15-31-63-47(55)5-2)39(34-42)35-51-53(36-59-33-32-58-3)50-52-43-16-10-11-17-45(43)66-50/h4-5,10-11,16-27,34-35H,1-2,6-9,12-15,28-33,36H2,3H3/b51-35+. The van der Waals surface area contributed by atoms with Crippen molar-refractivity contribution >= 4 is 56.8 Å². The van der Waals surface area contributed by atoms with Gasteiger partial charge >= 0.3 is 23.9 Å². The number of rotatable bonds is 30. The fraction of sp³-hybridized carbons (Fsp3) is 0.320. The van der Waals surface area contributed by atoms with Crippen molar-refractivity contribution in [2.75, 3.05) is 58.5 Å². The van der Waals surface area contributed by atoms with Gasteiger partial charge in [0.05, 0.1) is 67.2 Å². The van der Waals surface area contributed by atoms with Crippen molar-refractivity contribution in [1.82, 2.24) is 4.98 Å². The summed E-state index contributed by atoms with van der Waals surface area (Å²) in [7, 11) is 1.59. The second-order valence-corrected chi connectivity index (χ2v) is 15.4. The van der Waals surface area contributed by atoms with Crippen LogP contribution >= 0.6 is 11.3 Å². The number of anilines is 1. The third-order valence-electron chi connectivity index (χ3n) is 9.50. The molecule has 0 atom stereocenters. The lowest BCUT2D eigenvalue weighted by atomic mass is 10.2. The lowest BCUT2D eigenvalue weighted by Gasteiger charge is -2.16. The SMILES string of the molecule is C=CC(=O)OCCCCCCOc1ccc(C(=O)Oc2ccc(OC(=O)c3ccc(OCCCCCCOC(=O)C=C)cc3)c(/C=N/N(COCCOC)c3nc4ccccc4s3)c2)cc1. The smallest absolute Gasteiger partial charge is 0.343 e. The van der Waals surface area contributed by atoms with E-state index in [2.05, 4.69) is 13.2 Å². The third-order valence-corrected chi connectivity index (χ3v) is 10.5. The van der Waals surface area contributed by atoms with E-state index in [0.29, 0.717) is 67.4 Å². The number of unbranched alkanes of at least 4 members (excludes halogenated alkanes) is 6. The molecule has 15 nitrogen and oxygen atoms in total. The summed E-state index contributed by atoms with van der Waals surface area (Å²) in [5, 5.41) is 6.85. The number of ether oxygens (including phenoxy) is 8. The number of methoxy groups -OCH3 is 1. The number of fused-ring (bicyclic) bond motifs is 1. The van der Waals surface area contributed by atoms with Crippen LogP contribution in [-0.4, -0.2) is 88.6 Å². The lowest BCUT2D eigenvalue weighted by molar-refractivity contribution is -0.138. The summed E-state index contributed by atoms with van der Waals surface area (Å²) in [6, 6.07) is 25.6. The molecule has 4 aromatic carbocycles. The first-order chi connectivity index (χ1) is 32.3. The zero-order valence-electron chi connectivity index (χ0n) is 37.1. The van der Waals surface area contributed by atoms with Gasteiger partial charge in [0.15, 0.2) is 0 Å². The predicted octanol–water partition coefficient (Wildman–Crippen LogP) is 9.53. The van der Waals surface area contributed by atoms with Crippen molar-refractivity contribution in [2.24, 2.45) is 5.10 Å². The van der Waals surface area contributed by atoms with E-state index in [9.17, 15) is 19.2 Å². The number of hydrazone groups is 1. The summed E-state index contributed by atoms with van der Waals surface area (Å²) in [5.41, 5.74) is 1.71. The van der Waals surface area contributed by atoms with Crippen LogP contribution in [0.25, 0.3) is 10.2 Å². The number of carbonyl (C=O) groups excluding carboxylic acids is 4. The first-order valence-corrected chi connectivity index (χ1v) is 22.4. The van der Waals surface area contributed by atoms with Gasteiger partial charge in [-0.3, -0.25) is 0 Å². The molecule has 0 saturated carbocycles. The number of hydrogen-bond donors (Lipinski definition) is 0. The van der Waals surface area contributed by atoms with Crippen molar-refractivity contribution < 1.29 is 57.1 Å². The van der Waals surface area contributed by atoms with Crippen LogP contribution in [-0.2, 0) is 28.5 Å². The van der Waals surface area contributed by atoms with E-state index < -0.39 is 23.9 Å². The second kappa shape index (κ2) is 28.1. The second-order valence-electron chi connectivity index (χ2n) is 14.4. The van der Waals surface area contributed by atoms with Gasteiger partial charge in [0.25, 0.3) is 0 Å². The van der Waals surface area contributed by atoms with Gasteiger partial charge in [-0.2, -0.15) is 5.10 Å². The monoisotopic (exact) mass is 921 g/mol. The van der Waals surface area contributed by atoms with Gasteiger partial charge in [-0.25, -0.2) is 29.2 Å². The van der Waals surface area contributed by atoms with Gasteiger partial charge in [0.2, 0.25) is 5.13 Å². The van der Waals surface area contributed by atoms with Crippen LogP contribution in [0.4, 0.5) is 5.13 Å². The highest BCUT2D eigenvalue weighted by atomic mass is 32.1. The molecule has 66 heavy (non-hydrogen) atoms. The fourth-order valence-electron chi connectivity index (χ4n) is 5.98. The summed E-state index contributed by atoms with van der Waals surface area (Å²) in [5.74, 6) is -0.530. The molecule has 1 heterocycles. The fourth-order valence-corrected chi connectivity index (χ4v) is 6.89. The van der Waals surface area contributed by atoms with Crippen molar-refractivity contribution in [1.29, 1.82) is 0 Å². The molecule has 0 N–H and O–H groups in total. The number of thiazole rings is 1. The van der Waals surface area contributed by atoms with E-state index in [1.54, 1.807) is 66.7 Å². The number of hydrogen-bond acceptors (Lipinski definition) is 16. The molecule has 1 aromatic heterocycles. The zero-order chi connectivity index (χ0) is 46.8. The number of esters is 4. The Morgan fingerprint density at radius 1 is 0.636 bits per heavy atom. The predicted molar refractivity (Wildman–Crippen MR) is 252 cm³/mol. The zero-order valence-corrected chi connectivity index (χ0v) is 37.9. The third kappa shape index (κ3) is 17.3. The molecule has 0 spiro atoms. The average Bonchev–Trinajstić information content (AvgIpc) is 3.78. The van der Waals surface area contributed by atoms with Gasteiger partial charge < -0.3 is 37.9 Å². The van der Waals surface area contributed by atoms with Crippen molar-refractivity contribution in [3.8, 4) is 23.0 Å². The van der Waals surface area contributed by atoms with Crippen molar-refractivity contribution in [3.63, 3.8) is 0 Å². The maximum absolute atomic E-state index is 13.5. The molecule has 0 aliphatic rings. The Hall–Kier alpha value is -6.88. The van der Waals surface area contributed by atoms with Crippen molar-refractivity contribution in [3.05, 3.63) is 133 Å². The minimum atomic E-state index is -0.627. The van der Waals surface area contributed by atoms with Gasteiger partial charge in [-0.05, 0) is 130 Å². The minimum absolute atomic E-state index is 0.0415. The molecule has 0 fully saturated rings. The summed E-state index contributed by atoms with van der Waals surface area (Å²) < 4.78 is 45.3. The Morgan fingerprint density at radius 3 is 1.74 bits per heavy atom. The Balaban J connectivity index is 1.24. The number of nitrogens with zero attached hydrogens (tertiary/aromatic N) is 3. The van der Waals surface area contributed by atoms with Crippen LogP contribution in [0.3, 0.4) is 0 Å². The van der Waals surface area contributed by atoms with E-state index in [0.717, 1.165) is 73.7 Å². The molecule has 5 aromatic rings. The highest BCUT2D eigenvalue weighted by molar-refractivity contribution is 7.22. The molecular weight excluding hydrogens is 867 g/mol. The molecule has 16 heteroatoms. The Labute approximate surface area is 388 Å². The van der Waals surface area contributed by atoms with Gasteiger partial charge in [-0.1, -0.05) is 36.6 Å². The summed E-state index contributed by atoms with van der Waals surface area (Å²) in [4.78, 5) is 53.9. The molecule has 0 amide bonds. The number of carbonyl (C=O) groups is 4. The highest BCUT2D eigenvalue weighted by Gasteiger charge is 2.17. The maximum atomic E-state index is 13.5. The molecule has 0 saturated heterocycles. The normalized spacial score (nSPS) is 10.9. The van der Waals surface area contributed by atoms with E-state index >= 15 is 0 Å². The van der Waals surface area contributed by atoms with Crippen LogP contribution in [0.15, 0.2) is 121 Å². The maximum Gasteiger partial charge on any atom is 0.343 e. The molecule has 0 aliphatic carbocycles. The summed E-state index contributed by atoms with van der Waals surface area (Å²) >= 11 is 1.43. The quantitative estimate of drug-likeness (QED) is 0.00811. The lowest BCUT2D eigenvalue weighted by Crippen LogP contribution is -2.22. The van der Waals surface area contributed by atoms with Gasteiger partial charge in [0.1, 0.15) is 29.7 Å².